The number of halogens is 1. The first-order valence-corrected chi connectivity index (χ1v) is 18.4. The van der Waals surface area contributed by atoms with Crippen molar-refractivity contribution in [3.05, 3.63) is 130 Å². The van der Waals surface area contributed by atoms with Gasteiger partial charge in [-0.05, 0) is 79.8 Å². The Hall–Kier alpha value is -3.95. The summed E-state index contributed by atoms with van der Waals surface area (Å²) in [6, 6.07) is 30.2. The van der Waals surface area contributed by atoms with Gasteiger partial charge in [-0.2, -0.15) is 0 Å². The molecule has 1 atom stereocenters. The molecule has 1 aliphatic rings. The number of hydrogen-bond acceptors (Lipinski definition) is 4. The number of nitrogens with zero attached hydrogens (tertiary/aromatic N) is 2. The molecule has 0 aliphatic heterocycles. The highest BCUT2D eigenvalue weighted by Crippen LogP contribution is 2.27. The molecule has 246 valence electrons. The molecule has 1 aliphatic carbocycles. The van der Waals surface area contributed by atoms with E-state index in [-0.39, 0.29) is 29.8 Å². The Bertz CT molecular complexity index is 1760. The van der Waals surface area contributed by atoms with E-state index >= 15 is 0 Å². The summed E-state index contributed by atoms with van der Waals surface area (Å²) in [7, 11) is -4.14. The molecular formula is C38H42BrN3O4S. The van der Waals surface area contributed by atoms with Crippen LogP contribution >= 0.6 is 15.9 Å². The Morgan fingerprint density at radius 3 is 2.15 bits per heavy atom. The van der Waals surface area contributed by atoms with Crippen LogP contribution in [0.4, 0.5) is 5.69 Å². The van der Waals surface area contributed by atoms with E-state index in [0.717, 1.165) is 58.8 Å². The Morgan fingerprint density at radius 2 is 1.49 bits per heavy atom. The predicted octanol–water partition coefficient (Wildman–Crippen LogP) is 7.35. The fourth-order valence-electron chi connectivity index (χ4n) is 6.03. The maximum Gasteiger partial charge on any atom is 0.264 e. The van der Waals surface area contributed by atoms with Crippen molar-refractivity contribution in [2.24, 2.45) is 0 Å². The van der Waals surface area contributed by atoms with Crippen molar-refractivity contribution in [1.82, 2.24) is 10.2 Å². The van der Waals surface area contributed by atoms with Crippen LogP contribution in [0.15, 0.2) is 112 Å². The van der Waals surface area contributed by atoms with Gasteiger partial charge in [0.25, 0.3) is 10.0 Å². The molecule has 2 amide bonds. The van der Waals surface area contributed by atoms with Crippen molar-refractivity contribution in [2.45, 2.75) is 75.9 Å². The zero-order chi connectivity index (χ0) is 33.4. The summed E-state index contributed by atoms with van der Waals surface area (Å²) in [4.78, 5) is 30.5. The SMILES string of the molecule is Cc1ccc(S(=O)(=O)N(CC(=O)N(Cc2ccc(Br)cc2)C(Cc2ccccc2)C(=O)NC2CCCCC2)c2cccc(C)c2)cc1. The van der Waals surface area contributed by atoms with E-state index in [2.05, 4.69) is 21.2 Å². The summed E-state index contributed by atoms with van der Waals surface area (Å²) >= 11 is 3.49. The first-order chi connectivity index (χ1) is 22.6. The molecule has 1 fully saturated rings. The molecule has 0 spiro atoms. The second kappa shape index (κ2) is 15.8. The van der Waals surface area contributed by atoms with Crippen LogP contribution in [0.5, 0.6) is 0 Å². The van der Waals surface area contributed by atoms with Crippen LogP contribution in [0, 0.1) is 13.8 Å². The number of benzene rings is 4. The lowest BCUT2D eigenvalue weighted by atomic mass is 9.94. The third kappa shape index (κ3) is 9.11. The third-order valence-corrected chi connectivity index (χ3v) is 11.0. The van der Waals surface area contributed by atoms with Crippen molar-refractivity contribution < 1.29 is 18.0 Å². The summed E-state index contributed by atoms with van der Waals surface area (Å²) in [6.07, 6.45) is 5.35. The number of anilines is 1. The fourth-order valence-corrected chi connectivity index (χ4v) is 7.70. The zero-order valence-electron chi connectivity index (χ0n) is 26.9. The molecule has 0 saturated heterocycles. The molecule has 1 unspecified atom stereocenters. The van der Waals surface area contributed by atoms with E-state index in [4.69, 9.17) is 0 Å². The molecule has 4 aromatic carbocycles. The van der Waals surface area contributed by atoms with Gasteiger partial charge in [0.2, 0.25) is 11.8 Å². The highest BCUT2D eigenvalue weighted by molar-refractivity contribution is 9.10. The number of carbonyl (C=O) groups is 2. The molecule has 0 heterocycles. The first-order valence-electron chi connectivity index (χ1n) is 16.1. The van der Waals surface area contributed by atoms with Gasteiger partial charge in [0, 0.05) is 23.5 Å². The lowest BCUT2D eigenvalue weighted by Gasteiger charge is -2.35. The topological polar surface area (TPSA) is 86.8 Å². The quantitative estimate of drug-likeness (QED) is 0.166. The second-order valence-electron chi connectivity index (χ2n) is 12.4. The Kier molecular flexibility index (Phi) is 11.5. The van der Waals surface area contributed by atoms with E-state index in [1.165, 1.54) is 4.31 Å². The van der Waals surface area contributed by atoms with Crippen LogP contribution < -0.4 is 9.62 Å². The monoisotopic (exact) mass is 715 g/mol. The summed E-state index contributed by atoms with van der Waals surface area (Å²) in [5, 5.41) is 3.25. The van der Waals surface area contributed by atoms with Crippen molar-refractivity contribution in [3.63, 3.8) is 0 Å². The van der Waals surface area contributed by atoms with Crippen LogP contribution in [0.1, 0.15) is 54.4 Å². The lowest BCUT2D eigenvalue weighted by Crippen LogP contribution is -2.55. The highest BCUT2D eigenvalue weighted by Gasteiger charge is 2.35. The number of amides is 2. The van der Waals surface area contributed by atoms with E-state index in [0.29, 0.717) is 5.69 Å². The van der Waals surface area contributed by atoms with Crippen LogP contribution in [0.3, 0.4) is 0 Å². The van der Waals surface area contributed by atoms with Crippen LogP contribution in [-0.2, 0) is 32.6 Å². The molecule has 1 N–H and O–H groups in total. The first kappa shape index (κ1) is 34.4. The van der Waals surface area contributed by atoms with Gasteiger partial charge in [-0.1, -0.05) is 107 Å². The predicted molar refractivity (Wildman–Crippen MR) is 191 cm³/mol. The smallest absolute Gasteiger partial charge is 0.264 e. The van der Waals surface area contributed by atoms with Crippen LogP contribution in [0.2, 0.25) is 0 Å². The van der Waals surface area contributed by atoms with Crippen molar-refractivity contribution >= 4 is 43.5 Å². The lowest BCUT2D eigenvalue weighted by molar-refractivity contribution is -0.140. The minimum Gasteiger partial charge on any atom is -0.352 e. The number of hydrogen-bond donors (Lipinski definition) is 1. The summed E-state index contributed by atoms with van der Waals surface area (Å²) in [5.74, 6) is -0.695. The molecule has 0 aromatic heterocycles. The maximum atomic E-state index is 14.7. The molecular weight excluding hydrogens is 674 g/mol. The van der Waals surface area contributed by atoms with E-state index in [9.17, 15) is 18.0 Å². The molecule has 9 heteroatoms. The standard InChI is InChI=1S/C38H42BrN3O4S/c1-28-16-22-35(23-17-28)47(45,46)42(34-15-9-10-29(2)24-34)27-37(43)41(26-31-18-20-32(39)21-19-31)36(25-30-11-5-3-6-12-30)38(44)40-33-13-7-4-8-14-33/h3,5-6,9-12,15-24,33,36H,4,7-8,13-14,25-27H2,1-2H3,(H,40,44). The second-order valence-corrected chi connectivity index (χ2v) is 15.1. The van der Waals surface area contributed by atoms with Gasteiger partial charge in [0.05, 0.1) is 10.6 Å². The average molecular weight is 717 g/mol. The molecule has 5 rings (SSSR count). The highest BCUT2D eigenvalue weighted by atomic mass is 79.9. The number of nitrogens with one attached hydrogen (secondary N) is 1. The molecule has 7 nitrogen and oxygen atoms in total. The van der Waals surface area contributed by atoms with Gasteiger partial charge in [0.1, 0.15) is 12.6 Å². The Balaban J connectivity index is 1.56. The van der Waals surface area contributed by atoms with Crippen molar-refractivity contribution in [2.75, 3.05) is 10.8 Å². The van der Waals surface area contributed by atoms with Gasteiger partial charge in [-0.25, -0.2) is 8.42 Å². The minimum absolute atomic E-state index is 0.0462. The number of aryl methyl sites for hydroxylation is 2. The van der Waals surface area contributed by atoms with E-state index < -0.39 is 28.5 Å². The van der Waals surface area contributed by atoms with E-state index in [1.54, 1.807) is 47.4 Å². The number of sulfonamides is 1. The fraction of sp³-hybridized carbons (Fsp3) is 0.316. The largest absolute Gasteiger partial charge is 0.352 e. The summed E-state index contributed by atoms with van der Waals surface area (Å²) in [5.41, 5.74) is 3.91. The van der Waals surface area contributed by atoms with Crippen molar-refractivity contribution in [1.29, 1.82) is 0 Å². The molecule has 4 aromatic rings. The maximum absolute atomic E-state index is 14.7. The summed E-state index contributed by atoms with van der Waals surface area (Å²) < 4.78 is 30.5. The number of rotatable bonds is 12. The molecule has 0 bridgehead atoms. The molecule has 1 saturated carbocycles. The third-order valence-electron chi connectivity index (χ3n) is 8.67. The van der Waals surface area contributed by atoms with Gasteiger partial charge < -0.3 is 10.2 Å². The van der Waals surface area contributed by atoms with Crippen LogP contribution in [0.25, 0.3) is 0 Å². The molecule has 47 heavy (non-hydrogen) atoms. The van der Waals surface area contributed by atoms with Gasteiger partial charge in [-0.3, -0.25) is 13.9 Å². The average Bonchev–Trinajstić information content (AvgIpc) is 3.07. The van der Waals surface area contributed by atoms with E-state index in [1.807, 2.05) is 74.5 Å². The van der Waals surface area contributed by atoms with Crippen molar-refractivity contribution in [3.8, 4) is 0 Å². The molecule has 0 radical (unpaired) electrons. The van der Waals surface area contributed by atoms with Gasteiger partial charge >= 0.3 is 0 Å². The zero-order valence-corrected chi connectivity index (χ0v) is 29.3. The number of carbonyl (C=O) groups excluding carboxylic acids is 2. The minimum atomic E-state index is -4.14. The Morgan fingerprint density at radius 1 is 0.809 bits per heavy atom. The van der Waals surface area contributed by atoms with Crippen LogP contribution in [-0.4, -0.2) is 43.8 Å². The normalized spacial score (nSPS) is 14.3. The van der Waals surface area contributed by atoms with Gasteiger partial charge in [0.15, 0.2) is 0 Å². The summed E-state index contributed by atoms with van der Waals surface area (Å²) in [6.45, 7) is 3.43. The van der Waals surface area contributed by atoms with Gasteiger partial charge in [-0.15, -0.1) is 0 Å². The Labute approximate surface area is 287 Å².